The molecule has 0 aromatic heterocycles. The Morgan fingerprint density at radius 2 is 1.84 bits per heavy atom. The van der Waals surface area contributed by atoms with Crippen LogP contribution < -0.4 is 5.32 Å². The highest BCUT2D eigenvalue weighted by Gasteiger charge is 2.31. The lowest BCUT2D eigenvalue weighted by molar-refractivity contribution is -0.137. The Hall–Kier alpha value is -0.570. The maximum Gasteiger partial charge on any atom is 0.226 e. The quantitative estimate of drug-likeness (QED) is 0.852. The first-order valence-corrected chi connectivity index (χ1v) is 8.11. The summed E-state index contributed by atoms with van der Waals surface area (Å²) in [6.07, 6.45) is 8.51. The number of hydrogen-bond acceptors (Lipinski definition) is 2. The molecule has 1 aliphatic carbocycles. The number of carbonyl (C=O) groups is 1. The van der Waals surface area contributed by atoms with Crippen molar-refractivity contribution in [2.75, 3.05) is 13.6 Å². The molecule has 3 heteroatoms. The summed E-state index contributed by atoms with van der Waals surface area (Å²) in [7, 11) is 2.03. The summed E-state index contributed by atoms with van der Waals surface area (Å²) in [5.41, 5.74) is 0. The molecule has 0 spiro atoms. The molecule has 1 amide bonds. The van der Waals surface area contributed by atoms with Gasteiger partial charge in [0, 0.05) is 25.7 Å². The second kappa shape index (κ2) is 6.74. The molecule has 1 saturated heterocycles. The topological polar surface area (TPSA) is 32.3 Å². The molecule has 1 saturated carbocycles. The van der Waals surface area contributed by atoms with Gasteiger partial charge in [-0.1, -0.05) is 13.3 Å². The SMILES string of the molecule is CCC1CCC(N(C)C(=O)C2CCC(C)NC2)CC1. The fourth-order valence-electron chi connectivity index (χ4n) is 3.62. The van der Waals surface area contributed by atoms with Gasteiger partial charge in [-0.15, -0.1) is 0 Å². The van der Waals surface area contributed by atoms with Crippen LogP contribution in [0.15, 0.2) is 0 Å². The second-order valence-corrected chi connectivity index (χ2v) is 6.62. The lowest BCUT2D eigenvalue weighted by atomic mass is 9.83. The zero-order valence-corrected chi connectivity index (χ0v) is 12.8. The third-order valence-electron chi connectivity index (χ3n) is 5.30. The van der Waals surface area contributed by atoms with E-state index in [4.69, 9.17) is 0 Å². The highest BCUT2D eigenvalue weighted by molar-refractivity contribution is 5.79. The second-order valence-electron chi connectivity index (χ2n) is 6.62. The van der Waals surface area contributed by atoms with Crippen LogP contribution in [0.1, 0.15) is 58.8 Å². The summed E-state index contributed by atoms with van der Waals surface area (Å²) < 4.78 is 0. The van der Waals surface area contributed by atoms with E-state index in [-0.39, 0.29) is 5.92 Å². The highest BCUT2D eigenvalue weighted by atomic mass is 16.2. The van der Waals surface area contributed by atoms with Crippen LogP contribution in [0, 0.1) is 11.8 Å². The largest absolute Gasteiger partial charge is 0.342 e. The van der Waals surface area contributed by atoms with E-state index in [1.165, 1.54) is 32.1 Å². The van der Waals surface area contributed by atoms with Crippen molar-refractivity contribution >= 4 is 5.91 Å². The molecule has 0 radical (unpaired) electrons. The molecule has 2 atom stereocenters. The highest BCUT2D eigenvalue weighted by Crippen LogP contribution is 2.30. The van der Waals surface area contributed by atoms with Gasteiger partial charge in [0.2, 0.25) is 5.91 Å². The average molecular weight is 266 g/mol. The van der Waals surface area contributed by atoms with Crippen molar-refractivity contribution in [3.05, 3.63) is 0 Å². The van der Waals surface area contributed by atoms with E-state index < -0.39 is 0 Å². The number of nitrogens with zero attached hydrogens (tertiary/aromatic N) is 1. The zero-order valence-electron chi connectivity index (χ0n) is 12.8. The Balaban J connectivity index is 1.82. The number of amides is 1. The van der Waals surface area contributed by atoms with Gasteiger partial charge in [-0.3, -0.25) is 4.79 Å². The minimum atomic E-state index is 0.213. The molecule has 19 heavy (non-hydrogen) atoms. The van der Waals surface area contributed by atoms with Crippen molar-refractivity contribution in [1.82, 2.24) is 10.2 Å². The van der Waals surface area contributed by atoms with E-state index in [9.17, 15) is 4.79 Å². The maximum absolute atomic E-state index is 12.5. The molecular formula is C16H30N2O. The van der Waals surface area contributed by atoms with Crippen LogP contribution in [-0.4, -0.2) is 36.5 Å². The molecule has 2 unspecified atom stereocenters. The van der Waals surface area contributed by atoms with E-state index in [2.05, 4.69) is 24.1 Å². The Morgan fingerprint density at radius 3 is 2.37 bits per heavy atom. The summed E-state index contributed by atoms with van der Waals surface area (Å²) in [5.74, 6) is 1.49. The Labute approximate surface area is 118 Å². The monoisotopic (exact) mass is 266 g/mol. The first-order valence-electron chi connectivity index (χ1n) is 8.11. The fraction of sp³-hybridized carbons (Fsp3) is 0.938. The fourth-order valence-corrected chi connectivity index (χ4v) is 3.62. The number of nitrogens with one attached hydrogen (secondary N) is 1. The molecule has 110 valence electrons. The number of carbonyl (C=O) groups excluding carboxylic acids is 1. The van der Waals surface area contributed by atoms with Gasteiger partial charge in [-0.2, -0.15) is 0 Å². The lowest BCUT2D eigenvalue weighted by Crippen LogP contribution is -2.48. The standard InChI is InChI=1S/C16H30N2O/c1-4-13-6-9-15(10-7-13)18(3)16(19)14-8-5-12(2)17-11-14/h12-15,17H,4-11H2,1-3H3. The lowest BCUT2D eigenvalue weighted by Gasteiger charge is -2.37. The molecule has 0 aromatic carbocycles. The number of piperidine rings is 1. The average Bonchev–Trinajstić information content (AvgIpc) is 2.46. The van der Waals surface area contributed by atoms with Gasteiger partial charge in [0.05, 0.1) is 5.92 Å². The third kappa shape index (κ3) is 3.71. The summed E-state index contributed by atoms with van der Waals surface area (Å²) in [5, 5.41) is 3.44. The Kier molecular flexibility index (Phi) is 5.26. The minimum Gasteiger partial charge on any atom is -0.342 e. The third-order valence-corrected chi connectivity index (χ3v) is 5.30. The van der Waals surface area contributed by atoms with Crippen LogP contribution in [0.3, 0.4) is 0 Å². The molecule has 2 aliphatic rings. The summed E-state index contributed by atoms with van der Waals surface area (Å²) >= 11 is 0. The van der Waals surface area contributed by atoms with Crippen LogP contribution in [0.25, 0.3) is 0 Å². The summed E-state index contributed by atoms with van der Waals surface area (Å²) in [6, 6.07) is 1.07. The number of hydrogen-bond donors (Lipinski definition) is 1. The van der Waals surface area contributed by atoms with Gasteiger partial charge < -0.3 is 10.2 Å². The van der Waals surface area contributed by atoms with Gasteiger partial charge in [-0.05, 0) is 51.4 Å². The van der Waals surface area contributed by atoms with Crippen molar-refractivity contribution in [2.45, 2.75) is 70.9 Å². The van der Waals surface area contributed by atoms with Gasteiger partial charge in [0.15, 0.2) is 0 Å². The Morgan fingerprint density at radius 1 is 1.16 bits per heavy atom. The Bertz CT molecular complexity index is 289. The van der Waals surface area contributed by atoms with Crippen molar-refractivity contribution in [3.8, 4) is 0 Å². The molecule has 1 heterocycles. The predicted octanol–water partition coefficient (Wildman–Crippen LogP) is 2.80. The van der Waals surface area contributed by atoms with Gasteiger partial charge in [0.25, 0.3) is 0 Å². The van der Waals surface area contributed by atoms with Crippen LogP contribution in [-0.2, 0) is 4.79 Å². The molecule has 0 aromatic rings. The van der Waals surface area contributed by atoms with Crippen molar-refractivity contribution in [1.29, 1.82) is 0 Å². The number of rotatable bonds is 3. The molecule has 2 rings (SSSR count). The van der Waals surface area contributed by atoms with Crippen molar-refractivity contribution < 1.29 is 4.79 Å². The molecule has 2 fully saturated rings. The van der Waals surface area contributed by atoms with E-state index >= 15 is 0 Å². The molecule has 1 aliphatic heterocycles. The summed E-state index contributed by atoms with van der Waals surface area (Å²) in [6.45, 7) is 5.36. The van der Waals surface area contributed by atoms with Gasteiger partial charge in [0.1, 0.15) is 0 Å². The van der Waals surface area contributed by atoms with Crippen LogP contribution in [0.2, 0.25) is 0 Å². The van der Waals surface area contributed by atoms with Crippen LogP contribution >= 0.6 is 0 Å². The van der Waals surface area contributed by atoms with E-state index in [0.717, 1.165) is 25.3 Å². The van der Waals surface area contributed by atoms with Crippen molar-refractivity contribution in [3.63, 3.8) is 0 Å². The molecule has 3 nitrogen and oxygen atoms in total. The minimum absolute atomic E-state index is 0.213. The van der Waals surface area contributed by atoms with Crippen LogP contribution in [0.4, 0.5) is 0 Å². The van der Waals surface area contributed by atoms with Crippen molar-refractivity contribution in [2.24, 2.45) is 11.8 Å². The zero-order chi connectivity index (χ0) is 13.8. The first-order chi connectivity index (χ1) is 9.11. The molecule has 0 bridgehead atoms. The van der Waals surface area contributed by atoms with Crippen LogP contribution in [0.5, 0.6) is 0 Å². The molecule has 1 N–H and O–H groups in total. The van der Waals surface area contributed by atoms with E-state index in [1.807, 2.05) is 7.05 Å². The van der Waals surface area contributed by atoms with E-state index in [1.54, 1.807) is 0 Å². The smallest absolute Gasteiger partial charge is 0.226 e. The van der Waals surface area contributed by atoms with E-state index in [0.29, 0.717) is 18.0 Å². The summed E-state index contributed by atoms with van der Waals surface area (Å²) in [4.78, 5) is 14.6. The molecular weight excluding hydrogens is 236 g/mol. The first kappa shape index (κ1) is 14.8. The maximum atomic E-state index is 12.5. The normalized spacial score (nSPS) is 35.9. The van der Waals surface area contributed by atoms with Gasteiger partial charge >= 0.3 is 0 Å². The predicted molar refractivity (Wildman–Crippen MR) is 79.0 cm³/mol. The van der Waals surface area contributed by atoms with Gasteiger partial charge in [-0.25, -0.2) is 0 Å².